The summed E-state index contributed by atoms with van der Waals surface area (Å²) in [6, 6.07) is 13.7. The molecular weight excluding hydrogens is 555 g/mol. The minimum atomic E-state index is -0.752. The van der Waals surface area contributed by atoms with E-state index >= 15 is 0 Å². The van der Waals surface area contributed by atoms with Gasteiger partial charge in [0.05, 0.1) is 0 Å². The van der Waals surface area contributed by atoms with Gasteiger partial charge in [-0.15, -0.1) is 0 Å². The fraction of sp³-hybridized carbons (Fsp3) is 0.0588. The number of esters is 3. The smallest absolute Gasteiger partial charge is 0.338 e. The van der Waals surface area contributed by atoms with Gasteiger partial charge in [-0.1, -0.05) is 68.3 Å². The van der Waals surface area contributed by atoms with Crippen LogP contribution in [0.25, 0.3) is 24.3 Å². The van der Waals surface area contributed by atoms with E-state index in [9.17, 15) is 23.6 Å². The molecule has 218 valence electrons. The van der Waals surface area contributed by atoms with Crippen molar-refractivity contribution in [3.05, 3.63) is 120 Å². The molecule has 0 aromatic heterocycles. The first kappa shape index (κ1) is 31.7. The first-order chi connectivity index (χ1) is 20.5. The van der Waals surface area contributed by atoms with Gasteiger partial charge in [-0.05, 0) is 60.9 Å². The van der Waals surface area contributed by atoms with Gasteiger partial charge in [0.1, 0.15) is 5.82 Å². The molecule has 0 atom stereocenters. The van der Waals surface area contributed by atoms with Gasteiger partial charge in [-0.2, -0.15) is 0 Å². The van der Waals surface area contributed by atoms with Crippen LogP contribution in [0, 0.1) is 5.82 Å². The second-order valence-electron chi connectivity index (χ2n) is 9.04. The molecule has 0 spiro atoms. The Balaban J connectivity index is 1.81. The predicted octanol–water partition coefficient (Wildman–Crippen LogP) is 6.76. The maximum Gasteiger partial charge on any atom is 0.338 e. The number of carbonyl (C=O) groups is 4. The zero-order valence-electron chi connectivity index (χ0n) is 23.4. The number of ether oxygens (including phenoxy) is 4. The van der Waals surface area contributed by atoms with E-state index in [2.05, 4.69) is 19.7 Å². The average Bonchev–Trinajstić information content (AvgIpc) is 2.97. The summed E-state index contributed by atoms with van der Waals surface area (Å²) in [5, 5.41) is 0. The monoisotopic (exact) mass is 582 g/mol. The first-order valence-corrected chi connectivity index (χ1v) is 12.6. The topological polar surface area (TPSA) is 105 Å². The molecule has 0 aliphatic carbocycles. The lowest BCUT2D eigenvalue weighted by molar-refractivity contribution is -0.132. The number of hydrogen-bond donors (Lipinski definition) is 0. The number of rotatable bonds is 12. The zero-order valence-corrected chi connectivity index (χ0v) is 23.4. The summed E-state index contributed by atoms with van der Waals surface area (Å²) in [6.45, 7) is 13.6. The van der Waals surface area contributed by atoms with Gasteiger partial charge in [0.2, 0.25) is 0 Å². The van der Waals surface area contributed by atoms with Crippen LogP contribution in [-0.2, 0) is 19.2 Å². The van der Waals surface area contributed by atoms with Crippen molar-refractivity contribution in [1.82, 2.24) is 0 Å². The molecule has 0 saturated carbocycles. The molecule has 0 saturated heterocycles. The molecule has 43 heavy (non-hydrogen) atoms. The van der Waals surface area contributed by atoms with Crippen LogP contribution in [0.3, 0.4) is 0 Å². The molecule has 8 nitrogen and oxygen atoms in total. The normalized spacial score (nSPS) is 10.7. The van der Waals surface area contributed by atoms with E-state index in [1.54, 1.807) is 42.5 Å². The Morgan fingerprint density at radius 1 is 0.674 bits per heavy atom. The summed E-state index contributed by atoms with van der Waals surface area (Å²) in [7, 11) is 0. The highest BCUT2D eigenvalue weighted by Gasteiger charge is 2.14. The second kappa shape index (κ2) is 14.7. The molecule has 0 radical (unpaired) electrons. The Morgan fingerprint density at radius 2 is 1.16 bits per heavy atom. The highest BCUT2D eigenvalue weighted by molar-refractivity contribution is 5.90. The molecule has 0 N–H and O–H groups in total. The van der Waals surface area contributed by atoms with Crippen LogP contribution in [0.2, 0.25) is 0 Å². The fourth-order valence-electron chi connectivity index (χ4n) is 3.33. The molecule has 0 bridgehead atoms. The lowest BCUT2D eigenvalue weighted by Gasteiger charge is -2.10. The maximum absolute atomic E-state index is 14.9. The van der Waals surface area contributed by atoms with Crippen molar-refractivity contribution in [2.75, 3.05) is 0 Å². The van der Waals surface area contributed by atoms with Gasteiger partial charge in [-0.25, -0.2) is 18.8 Å². The SMILES string of the molecule is C=CC(=O)Oc1cc(/C=C/c2ccc(/C=C/c3ccc(OC=O)c(OC(=O)C(=C)C)c3)cc2F)ccc1OC(=O)C(=C)C. The van der Waals surface area contributed by atoms with Crippen LogP contribution in [0.5, 0.6) is 23.0 Å². The third kappa shape index (κ3) is 9.09. The predicted molar refractivity (Wildman–Crippen MR) is 161 cm³/mol. The van der Waals surface area contributed by atoms with Crippen LogP contribution in [0.1, 0.15) is 36.1 Å². The summed E-state index contributed by atoms with van der Waals surface area (Å²) in [5.41, 5.74) is 2.29. The van der Waals surface area contributed by atoms with Crippen LogP contribution >= 0.6 is 0 Å². The lowest BCUT2D eigenvalue weighted by Crippen LogP contribution is -2.11. The van der Waals surface area contributed by atoms with Gasteiger partial charge in [0.25, 0.3) is 6.47 Å². The van der Waals surface area contributed by atoms with E-state index in [1.165, 1.54) is 50.3 Å². The molecule has 3 aromatic carbocycles. The molecule has 0 unspecified atom stereocenters. The van der Waals surface area contributed by atoms with Crippen molar-refractivity contribution >= 4 is 48.7 Å². The average molecular weight is 583 g/mol. The number of benzene rings is 3. The van der Waals surface area contributed by atoms with Gasteiger partial charge in [0, 0.05) is 22.8 Å². The summed E-state index contributed by atoms with van der Waals surface area (Å²) in [6.07, 6.45) is 7.42. The van der Waals surface area contributed by atoms with Crippen LogP contribution in [-0.4, -0.2) is 24.4 Å². The second-order valence-corrected chi connectivity index (χ2v) is 9.04. The van der Waals surface area contributed by atoms with Crippen molar-refractivity contribution < 1.29 is 42.5 Å². The molecule has 0 amide bonds. The quantitative estimate of drug-likeness (QED) is 0.0759. The van der Waals surface area contributed by atoms with Gasteiger partial charge in [0.15, 0.2) is 23.0 Å². The Bertz CT molecular complexity index is 1680. The molecular formula is C34H27FO8. The zero-order chi connectivity index (χ0) is 31.5. The molecule has 3 rings (SSSR count). The van der Waals surface area contributed by atoms with E-state index < -0.39 is 23.7 Å². The van der Waals surface area contributed by atoms with E-state index in [0.717, 1.165) is 6.08 Å². The number of halogens is 1. The molecule has 0 heterocycles. The molecule has 0 aliphatic heterocycles. The van der Waals surface area contributed by atoms with Crippen molar-refractivity contribution in [2.45, 2.75) is 13.8 Å². The Kier molecular flexibility index (Phi) is 10.8. The van der Waals surface area contributed by atoms with E-state index in [1.807, 2.05) is 0 Å². The molecule has 3 aromatic rings. The summed E-state index contributed by atoms with van der Waals surface area (Å²) >= 11 is 0. The lowest BCUT2D eigenvalue weighted by atomic mass is 10.1. The Labute approximate surface area is 247 Å². The third-order valence-corrected chi connectivity index (χ3v) is 5.54. The maximum atomic E-state index is 14.9. The third-order valence-electron chi connectivity index (χ3n) is 5.54. The first-order valence-electron chi connectivity index (χ1n) is 12.6. The standard InChI is InChI=1S/C34H27FO8/c1-6-32(37)41-31-19-25(12-16-29(31)42-33(38)21(2)3)10-14-26-13-9-23(17-27(26)35)7-8-24-11-15-28(40-20-36)30(18-24)43-34(39)22(4)5/h6-20H,1-2,4H2,3,5H3/b8-7+,14-10+. The van der Waals surface area contributed by atoms with E-state index in [-0.39, 0.29) is 46.2 Å². The minimum absolute atomic E-state index is 0.00896. The fourth-order valence-corrected chi connectivity index (χ4v) is 3.33. The summed E-state index contributed by atoms with van der Waals surface area (Å²) < 4.78 is 35.4. The molecule has 0 fully saturated rings. The van der Waals surface area contributed by atoms with Gasteiger partial charge >= 0.3 is 17.9 Å². The largest absolute Gasteiger partial charge is 0.425 e. The van der Waals surface area contributed by atoms with Crippen molar-refractivity contribution in [3.63, 3.8) is 0 Å². The van der Waals surface area contributed by atoms with E-state index in [4.69, 9.17) is 18.9 Å². The van der Waals surface area contributed by atoms with Crippen molar-refractivity contribution in [2.24, 2.45) is 0 Å². The minimum Gasteiger partial charge on any atom is -0.425 e. The number of carbonyl (C=O) groups excluding carboxylic acids is 4. The molecule has 0 aliphatic rings. The molecule has 9 heteroatoms. The highest BCUT2D eigenvalue weighted by atomic mass is 19.1. The number of hydrogen-bond acceptors (Lipinski definition) is 8. The summed E-state index contributed by atoms with van der Waals surface area (Å²) in [4.78, 5) is 46.4. The highest BCUT2D eigenvalue weighted by Crippen LogP contribution is 2.31. The van der Waals surface area contributed by atoms with Crippen LogP contribution in [0.4, 0.5) is 4.39 Å². The Hall–Kier alpha value is -5.83. The van der Waals surface area contributed by atoms with Crippen molar-refractivity contribution in [3.8, 4) is 23.0 Å². The van der Waals surface area contributed by atoms with Crippen molar-refractivity contribution in [1.29, 1.82) is 0 Å². The summed E-state index contributed by atoms with van der Waals surface area (Å²) in [5.74, 6) is -2.56. The van der Waals surface area contributed by atoms with Gasteiger partial charge in [-0.3, -0.25) is 4.79 Å². The van der Waals surface area contributed by atoms with Crippen LogP contribution < -0.4 is 18.9 Å². The van der Waals surface area contributed by atoms with Gasteiger partial charge < -0.3 is 18.9 Å². The van der Waals surface area contributed by atoms with E-state index in [0.29, 0.717) is 16.7 Å². The Morgan fingerprint density at radius 3 is 1.70 bits per heavy atom. The van der Waals surface area contributed by atoms with Crippen LogP contribution in [0.15, 0.2) is 91.6 Å².